The summed E-state index contributed by atoms with van der Waals surface area (Å²) in [6.45, 7) is 5.89. The van der Waals surface area contributed by atoms with Gasteiger partial charge in [0.2, 0.25) is 0 Å². The van der Waals surface area contributed by atoms with Crippen LogP contribution in [0.15, 0.2) is 23.5 Å². The fourth-order valence-corrected chi connectivity index (χ4v) is 3.89. The van der Waals surface area contributed by atoms with E-state index in [4.69, 9.17) is 0 Å². The Morgan fingerprint density at radius 2 is 2.00 bits per heavy atom. The molecule has 0 saturated heterocycles. The average molecular weight is 324 g/mol. The zero-order valence-electron chi connectivity index (χ0n) is 12.2. The first-order valence-corrected chi connectivity index (χ1v) is 8.32. The molecule has 3 unspecified atom stereocenters. The minimum Gasteiger partial charge on any atom is -0.380 e. The van der Waals surface area contributed by atoms with Gasteiger partial charge in [-0.25, -0.2) is 0 Å². The smallest absolute Gasteiger partial charge is 0.380 e. The van der Waals surface area contributed by atoms with Gasteiger partial charge in [0, 0.05) is 11.8 Å². The predicted molar refractivity (Wildman–Crippen MR) is 72.5 cm³/mol. The van der Waals surface area contributed by atoms with E-state index < -0.39 is 21.5 Å². The van der Waals surface area contributed by atoms with Crippen LogP contribution >= 0.6 is 0 Å². The molecule has 0 heterocycles. The van der Waals surface area contributed by atoms with Crippen LogP contribution in [0.2, 0.25) is 0 Å². The van der Waals surface area contributed by atoms with E-state index >= 15 is 0 Å². The first kappa shape index (κ1) is 16.4. The molecule has 0 radical (unpaired) electrons. The van der Waals surface area contributed by atoms with Crippen molar-refractivity contribution in [2.75, 3.05) is 0 Å². The third-order valence-corrected chi connectivity index (χ3v) is 5.41. The summed E-state index contributed by atoms with van der Waals surface area (Å²) < 4.78 is 64.4. The molecule has 0 aromatic carbocycles. The molecule has 0 aliphatic heterocycles. The second-order valence-corrected chi connectivity index (χ2v) is 7.69. The molecule has 0 spiro atoms. The molecular weight excluding hydrogens is 305 g/mol. The van der Waals surface area contributed by atoms with Crippen LogP contribution in [-0.4, -0.2) is 13.9 Å². The maximum Gasteiger partial charge on any atom is 0.534 e. The lowest BCUT2D eigenvalue weighted by Gasteiger charge is -2.47. The Kier molecular flexibility index (Phi) is 3.93. The fraction of sp³-hybridized carbons (Fsp3) is 0.714. The Balaban J connectivity index is 2.33. The Bertz CT molecular complexity index is 589. The average Bonchev–Trinajstić information content (AvgIpc) is 2.30. The minimum atomic E-state index is -5.60. The largest absolute Gasteiger partial charge is 0.534 e. The molecule has 3 nitrogen and oxygen atoms in total. The summed E-state index contributed by atoms with van der Waals surface area (Å²) in [5.41, 5.74) is -4.60. The summed E-state index contributed by atoms with van der Waals surface area (Å²) >= 11 is 0. The maximum absolute atomic E-state index is 12.5. The van der Waals surface area contributed by atoms with Crippen LogP contribution < -0.4 is 0 Å². The maximum atomic E-state index is 12.5. The first-order chi connectivity index (χ1) is 9.50. The monoisotopic (exact) mass is 324 g/mol. The van der Waals surface area contributed by atoms with E-state index in [2.05, 4.69) is 4.18 Å². The second kappa shape index (κ2) is 5.04. The van der Waals surface area contributed by atoms with Gasteiger partial charge in [-0.05, 0) is 31.3 Å². The summed E-state index contributed by atoms with van der Waals surface area (Å²) in [5, 5.41) is 0. The van der Waals surface area contributed by atoms with Crippen LogP contribution in [0.3, 0.4) is 0 Å². The van der Waals surface area contributed by atoms with Crippen molar-refractivity contribution in [3.63, 3.8) is 0 Å². The van der Waals surface area contributed by atoms with Crippen LogP contribution in [0.4, 0.5) is 13.2 Å². The second-order valence-electron chi connectivity index (χ2n) is 6.16. The molecule has 21 heavy (non-hydrogen) atoms. The van der Waals surface area contributed by atoms with Gasteiger partial charge >= 0.3 is 15.6 Å². The van der Waals surface area contributed by atoms with Crippen molar-refractivity contribution in [1.29, 1.82) is 0 Å². The van der Waals surface area contributed by atoms with Gasteiger partial charge in [-0.2, -0.15) is 21.6 Å². The molecule has 3 aliphatic carbocycles. The molecule has 3 atom stereocenters. The predicted octanol–water partition coefficient (Wildman–Crippen LogP) is 4.14. The summed E-state index contributed by atoms with van der Waals surface area (Å²) in [5.74, 6) is -0.547. The molecule has 0 aromatic rings. The third-order valence-electron chi connectivity index (χ3n) is 4.43. The van der Waals surface area contributed by atoms with Crippen molar-refractivity contribution >= 4 is 10.1 Å². The quantitative estimate of drug-likeness (QED) is 0.443. The van der Waals surface area contributed by atoms with Gasteiger partial charge in [0.25, 0.3) is 0 Å². The van der Waals surface area contributed by atoms with Crippen molar-refractivity contribution in [3.05, 3.63) is 23.5 Å². The van der Waals surface area contributed by atoms with Crippen molar-refractivity contribution in [1.82, 2.24) is 0 Å². The van der Waals surface area contributed by atoms with Gasteiger partial charge in [0.15, 0.2) is 0 Å². The highest BCUT2D eigenvalue weighted by atomic mass is 32.2. The Labute approximate surface area is 123 Å². The number of hydrogen-bond donors (Lipinski definition) is 0. The van der Waals surface area contributed by atoms with Crippen LogP contribution in [0.1, 0.15) is 40.0 Å². The highest BCUT2D eigenvalue weighted by Crippen LogP contribution is 2.54. The zero-order chi connectivity index (χ0) is 16.1. The molecule has 0 N–H and O–H groups in total. The lowest BCUT2D eigenvalue weighted by molar-refractivity contribution is -0.0535. The fourth-order valence-electron chi connectivity index (χ4n) is 3.38. The lowest BCUT2D eigenvalue weighted by Crippen LogP contribution is -2.40. The molecule has 0 saturated carbocycles. The van der Waals surface area contributed by atoms with Crippen molar-refractivity contribution < 1.29 is 25.8 Å². The molecule has 0 amide bonds. The molecule has 7 heteroatoms. The summed E-state index contributed by atoms with van der Waals surface area (Å²) in [6, 6.07) is 0. The van der Waals surface area contributed by atoms with Crippen LogP contribution in [0.25, 0.3) is 0 Å². The number of allylic oxidation sites excluding steroid dienone is 3. The topological polar surface area (TPSA) is 43.4 Å². The van der Waals surface area contributed by atoms with E-state index in [1.807, 2.05) is 26.8 Å². The molecular formula is C14H19F3O3S. The van der Waals surface area contributed by atoms with Crippen LogP contribution in [0.5, 0.6) is 0 Å². The highest BCUT2D eigenvalue weighted by Gasteiger charge is 2.52. The third kappa shape index (κ3) is 2.84. The number of halogens is 3. The van der Waals surface area contributed by atoms with E-state index in [0.717, 1.165) is 24.8 Å². The van der Waals surface area contributed by atoms with Gasteiger partial charge in [0.1, 0.15) is 5.76 Å². The molecule has 3 aliphatic rings. The molecule has 0 aromatic heterocycles. The minimum absolute atomic E-state index is 0.0509. The van der Waals surface area contributed by atoms with E-state index in [-0.39, 0.29) is 17.1 Å². The van der Waals surface area contributed by atoms with Crippen LogP contribution in [0, 0.1) is 17.3 Å². The summed E-state index contributed by atoms with van der Waals surface area (Å²) in [6.07, 6.45) is 5.88. The molecule has 2 bridgehead atoms. The zero-order valence-corrected chi connectivity index (χ0v) is 13.0. The van der Waals surface area contributed by atoms with Gasteiger partial charge in [-0.15, -0.1) is 0 Å². The number of rotatable bonds is 4. The number of hydrogen-bond acceptors (Lipinski definition) is 3. The normalized spacial score (nSPS) is 32.7. The molecule has 0 fully saturated rings. The lowest BCUT2D eigenvalue weighted by atomic mass is 9.59. The van der Waals surface area contributed by atoms with Crippen LogP contribution in [-0.2, 0) is 14.3 Å². The van der Waals surface area contributed by atoms with E-state index in [9.17, 15) is 21.6 Å². The molecule has 3 rings (SSSR count). The SMILES string of the molecule is CCCC1(C)CC2C=C(OS(=O)(=O)C(F)(F)F)C1C=C2C. The standard InChI is InChI=1S/C14H19F3O3S/c1-4-5-13(3)8-10-7-12(11(13)6-9(10)2)20-21(18,19)14(15,16)17/h6-7,10-11H,4-5,8H2,1-3H3. The van der Waals surface area contributed by atoms with E-state index in [1.165, 1.54) is 6.08 Å². The van der Waals surface area contributed by atoms with Crippen molar-refractivity contribution in [2.45, 2.75) is 45.5 Å². The Hall–Kier alpha value is -0.980. The van der Waals surface area contributed by atoms with Gasteiger partial charge < -0.3 is 4.18 Å². The van der Waals surface area contributed by atoms with Gasteiger partial charge in [-0.1, -0.05) is 31.9 Å². The van der Waals surface area contributed by atoms with Crippen molar-refractivity contribution in [2.24, 2.45) is 17.3 Å². The van der Waals surface area contributed by atoms with E-state index in [1.54, 1.807) is 0 Å². The number of fused-ring (bicyclic) bond motifs is 1. The first-order valence-electron chi connectivity index (χ1n) is 6.91. The Morgan fingerprint density at radius 3 is 2.48 bits per heavy atom. The van der Waals surface area contributed by atoms with Crippen molar-refractivity contribution in [3.8, 4) is 0 Å². The Morgan fingerprint density at radius 1 is 1.38 bits per heavy atom. The number of alkyl halides is 3. The summed E-state index contributed by atoms with van der Waals surface area (Å²) in [4.78, 5) is 0. The summed E-state index contributed by atoms with van der Waals surface area (Å²) in [7, 11) is -5.60. The highest BCUT2D eigenvalue weighted by molar-refractivity contribution is 7.87. The van der Waals surface area contributed by atoms with Gasteiger partial charge in [-0.3, -0.25) is 0 Å². The van der Waals surface area contributed by atoms with Gasteiger partial charge in [0.05, 0.1) is 0 Å². The molecule has 120 valence electrons. The van der Waals surface area contributed by atoms with E-state index in [0.29, 0.717) is 0 Å².